The number of hydrogen-bond acceptors (Lipinski definition) is 4. The van der Waals surface area contributed by atoms with Crippen LogP contribution < -0.4 is 0 Å². The monoisotopic (exact) mass is 308 g/mol. The molecule has 1 aliphatic rings. The van der Waals surface area contributed by atoms with Crippen molar-refractivity contribution in [2.45, 2.75) is 27.2 Å². The Labute approximate surface area is 130 Å². The second kappa shape index (κ2) is 6.71. The molecule has 1 saturated heterocycles. The Morgan fingerprint density at radius 1 is 1.19 bits per heavy atom. The predicted molar refractivity (Wildman–Crippen MR) is 85.5 cm³/mol. The van der Waals surface area contributed by atoms with Crippen molar-refractivity contribution in [2.24, 2.45) is 5.41 Å². The molecule has 0 unspecified atom stereocenters. The van der Waals surface area contributed by atoms with E-state index < -0.39 is 0 Å². The van der Waals surface area contributed by atoms with E-state index >= 15 is 0 Å². The quantitative estimate of drug-likeness (QED) is 0.855. The van der Waals surface area contributed by atoms with E-state index in [-0.39, 0.29) is 17.1 Å². The summed E-state index contributed by atoms with van der Waals surface area (Å²) in [5.74, 6) is 0.458. The Hall–Kier alpha value is -1.20. The molecule has 21 heavy (non-hydrogen) atoms. The zero-order valence-corrected chi connectivity index (χ0v) is 13.9. The predicted octanol–water partition coefficient (Wildman–Crippen LogP) is 2.05. The van der Waals surface area contributed by atoms with Crippen LogP contribution in [0.25, 0.3) is 0 Å². The molecule has 1 aromatic rings. The van der Waals surface area contributed by atoms with Gasteiger partial charge in [-0.05, 0) is 11.4 Å². The van der Waals surface area contributed by atoms with Crippen molar-refractivity contribution in [3.63, 3.8) is 0 Å². The maximum Gasteiger partial charge on any atom is 0.227 e. The normalized spacial score (nSPS) is 17.0. The molecule has 0 N–H and O–H groups in total. The first-order chi connectivity index (χ1) is 9.86. The molecule has 1 aliphatic heterocycles. The van der Waals surface area contributed by atoms with Gasteiger partial charge < -0.3 is 4.90 Å². The molecule has 0 atom stereocenters. The molecular formula is C16H24N2O2S. The van der Waals surface area contributed by atoms with Gasteiger partial charge in [0.25, 0.3) is 0 Å². The lowest BCUT2D eigenvalue weighted by Gasteiger charge is -2.35. The number of amides is 1. The summed E-state index contributed by atoms with van der Waals surface area (Å²) in [6, 6.07) is 3.98. The number of piperazine rings is 1. The van der Waals surface area contributed by atoms with Crippen molar-refractivity contribution in [3.8, 4) is 0 Å². The highest BCUT2D eigenvalue weighted by Crippen LogP contribution is 2.16. The summed E-state index contributed by atoms with van der Waals surface area (Å²) in [5, 5.41) is 2.00. The highest BCUT2D eigenvalue weighted by molar-refractivity contribution is 7.10. The van der Waals surface area contributed by atoms with Crippen molar-refractivity contribution in [1.82, 2.24) is 9.80 Å². The highest BCUT2D eigenvalue weighted by Gasteiger charge is 2.26. The number of thiophene rings is 1. The van der Waals surface area contributed by atoms with Crippen LogP contribution in [-0.2, 0) is 16.0 Å². The second-order valence-corrected chi connectivity index (χ2v) is 7.62. The topological polar surface area (TPSA) is 40.6 Å². The third-order valence-electron chi connectivity index (χ3n) is 3.83. The Morgan fingerprint density at radius 3 is 2.38 bits per heavy atom. The molecule has 1 fully saturated rings. The van der Waals surface area contributed by atoms with Gasteiger partial charge in [-0.15, -0.1) is 11.3 Å². The summed E-state index contributed by atoms with van der Waals surface area (Å²) in [6.45, 7) is 9.39. The van der Waals surface area contributed by atoms with Crippen molar-refractivity contribution in [2.75, 3.05) is 32.7 Å². The van der Waals surface area contributed by atoms with Crippen molar-refractivity contribution >= 4 is 23.0 Å². The van der Waals surface area contributed by atoms with Crippen molar-refractivity contribution in [1.29, 1.82) is 0 Å². The molecule has 2 rings (SSSR count). The fourth-order valence-electron chi connectivity index (χ4n) is 2.27. The molecule has 5 heteroatoms. The largest absolute Gasteiger partial charge is 0.340 e. The van der Waals surface area contributed by atoms with Crippen LogP contribution in [0.4, 0.5) is 0 Å². The molecule has 4 nitrogen and oxygen atoms in total. The number of Topliss-reactive ketones (excluding diaryl/α,β-unsaturated/α-hetero) is 1. The molecule has 0 saturated carbocycles. The SMILES string of the molecule is CC(C)(C)C(=O)CN1CCN(C(=O)Cc2cccs2)CC1. The molecule has 116 valence electrons. The van der Waals surface area contributed by atoms with E-state index in [1.165, 1.54) is 0 Å². The van der Waals surface area contributed by atoms with E-state index in [1.807, 2.05) is 43.2 Å². The van der Waals surface area contributed by atoms with Crippen LogP contribution in [0, 0.1) is 5.41 Å². The van der Waals surface area contributed by atoms with Crippen LogP contribution in [-0.4, -0.2) is 54.2 Å². The zero-order valence-electron chi connectivity index (χ0n) is 13.1. The summed E-state index contributed by atoms with van der Waals surface area (Å²) in [6.07, 6.45) is 0.499. The minimum absolute atomic E-state index is 0.194. The van der Waals surface area contributed by atoms with Gasteiger partial charge in [0.1, 0.15) is 0 Å². The van der Waals surface area contributed by atoms with Gasteiger partial charge in [0.15, 0.2) is 5.78 Å². The Morgan fingerprint density at radius 2 is 1.86 bits per heavy atom. The van der Waals surface area contributed by atoms with Crippen molar-refractivity contribution < 1.29 is 9.59 Å². The Balaban J connectivity index is 1.78. The van der Waals surface area contributed by atoms with E-state index in [2.05, 4.69) is 4.90 Å². The lowest BCUT2D eigenvalue weighted by molar-refractivity contribution is -0.133. The van der Waals surface area contributed by atoms with E-state index in [0.29, 0.717) is 13.0 Å². The molecule has 0 radical (unpaired) electrons. The summed E-state index contributed by atoms with van der Waals surface area (Å²) in [5.41, 5.74) is -0.286. The fourth-order valence-corrected chi connectivity index (χ4v) is 2.97. The molecule has 1 amide bonds. The highest BCUT2D eigenvalue weighted by atomic mass is 32.1. The fraction of sp³-hybridized carbons (Fsp3) is 0.625. The van der Waals surface area contributed by atoms with Gasteiger partial charge in [0.05, 0.1) is 13.0 Å². The lowest BCUT2D eigenvalue weighted by atomic mass is 9.90. The van der Waals surface area contributed by atoms with Gasteiger partial charge in [-0.3, -0.25) is 14.5 Å². The van der Waals surface area contributed by atoms with Crippen molar-refractivity contribution in [3.05, 3.63) is 22.4 Å². The van der Waals surface area contributed by atoms with Crippen LogP contribution in [0.1, 0.15) is 25.6 Å². The van der Waals surface area contributed by atoms with Crippen LogP contribution in [0.2, 0.25) is 0 Å². The molecule has 0 aromatic carbocycles. The average molecular weight is 308 g/mol. The van der Waals surface area contributed by atoms with Crippen LogP contribution in [0.3, 0.4) is 0 Å². The van der Waals surface area contributed by atoms with Crippen LogP contribution in [0.5, 0.6) is 0 Å². The minimum atomic E-state index is -0.286. The molecule has 0 bridgehead atoms. The molecule has 0 aliphatic carbocycles. The maximum absolute atomic E-state index is 12.2. The summed E-state index contributed by atoms with van der Waals surface area (Å²) >= 11 is 1.62. The second-order valence-electron chi connectivity index (χ2n) is 6.59. The van der Waals surface area contributed by atoms with Gasteiger partial charge in [-0.25, -0.2) is 0 Å². The number of ketones is 1. The molecular weight excluding hydrogens is 284 g/mol. The first-order valence-electron chi connectivity index (χ1n) is 7.42. The van der Waals surface area contributed by atoms with E-state index in [0.717, 1.165) is 31.1 Å². The van der Waals surface area contributed by atoms with Gasteiger partial charge in [0, 0.05) is 36.5 Å². The summed E-state index contributed by atoms with van der Waals surface area (Å²) < 4.78 is 0. The molecule has 0 spiro atoms. The molecule has 1 aromatic heterocycles. The minimum Gasteiger partial charge on any atom is -0.340 e. The van der Waals surface area contributed by atoms with E-state index in [9.17, 15) is 9.59 Å². The number of carbonyl (C=O) groups excluding carboxylic acids is 2. The van der Waals surface area contributed by atoms with Gasteiger partial charge >= 0.3 is 0 Å². The maximum atomic E-state index is 12.2. The first kappa shape index (κ1) is 16.2. The third-order valence-corrected chi connectivity index (χ3v) is 4.71. The number of carbonyl (C=O) groups is 2. The van der Waals surface area contributed by atoms with Gasteiger partial charge in [-0.2, -0.15) is 0 Å². The first-order valence-corrected chi connectivity index (χ1v) is 8.30. The Bertz CT molecular complexity index is 483. The van der Waals surface area contributed by atoms with E-state index in [4.69, 9.17) is 0 Å². The average Bonchev–Trinajstić information content (AvgIpc) is 2.91. The molecule has 2 heterocycles. The van der Waals surface area contributed by atoms with Crippen LogP contribution in [0.15, 0.2) is 17.5 Å². The van der Waals surface area contributed by atoms with Gasteiger partial charge in [-0.1, -0.05) is 26.8 Å². The third kappa shape index (κ3) is 4.64. The standard InChI is InChI=1S/C16H24N2O2S/c1-16(2,3)14(19)12-17-6-8-18(9-7-17)15(20)11-13-5-4-10-21-13/h4-5,10H,6-9,11-12H2,1-3H3. The lowest BCUT2D eigenvalue weighted by Crippen LogP contribution is -2.51. The number of rotatable bonds is 4. The number of nitrogens with zero attached hydrogens (tertiary/aromatic N) is 2. The summed E-state index contributed by atoms with van der Waals surface area (Å²) in [7, 11) is 0. The van der Waals surface area contributed by atoms with Gasteiger partial charge in [0.2, 0.25) is 5.91 Å². The Kier molecular flexibility index (Phi) is 5.17. The number of hydrogen-bond donors (Lipinski definition) is 0. The zero-order chi connectivity index (χ0) is 15.5. The van der Waals surface area contributed by atoms with E-state index in [1.54, 1.807) is 11.3 Å². The smallest absolute Gasteiger partial charge is 0.227 e. The van der Waals surface area contributed by atoms with Crippen LogP contribution >= 0.6 is 11.3 Å². The summed E-state index contributed by atoms with van der Waals surface area (Å²) in [4.78, 5) is 29.4.